The summed E-state index contributed by atoms with van der Waals surface area (Å²) >= 11 is 11.0. The molecule has 0 N–H and O–H groups in total. The summed E-state index contributed by atoms with van der Waals surface area (Å²) in [5.74, 6) is 0.593. The minimum atomic E-state index is -0.585. The van der Waals surface area contributed by atoms with Gasteiger partial charge >= 0.3 is 0 Å². The highest BCUT2D eigenvalue weighted by Gasteiger charge is 2.15. The Hall–Kier alpha value is -0.730. The van der Waals surface area contributed by atoms with Crippen LogP contribution >= 0.6 is 23.2 Å². The second-order valence-electron chi connectivity index (χ2n) is 2.77. The number of rotatable bonds is 4. The number of halogens is 2. The lowest BCUT2D eigenvalue weighted by Crippen LogP contribution is -2.22. The first-order valence-corrected chi connectivity index (χ1v) is 5.00. The van der Waals surface area contributed by atoms with Crippen molar-refractivity contribution in [1.82, 2.24) is 0 Å². The van der Waals surface area contributed by atoms with E-state index >= 15 is 0 Å². The summed E-state index contributed by atoms with van der Waals surface area (Å²) in [6.07, 6.45) is -0.0387. The Morgan fingerprint density at radius 2 is 2.00 bits per heavy atom. The highest BCUT2D eigenvalue weighted by Crippen LogP contribution is 2.18. The van der Waals surface area contributed by atoms with Crippen LogP contribution in [0.25, 0.3) is 0 Å². The summed E-state index contributed by atoms with van der Waals surface area (Å²) in [4.78, 5) is 10.9. The molecule has 0 saturated carbocycles. The summed E-state index contributed by atoms with van der Waals surface area (Å²) in [5.41, 5.74) is 0. The van der Waals surface area contributed by atoms with E-state index in [0.29, 0.717) is 17.2 Å². The Kier molecular flexibility index (Phi) is 4.23. The van der Waals surface area contributed by atoms with Crippen molar-refractivity contribution < 1.29 is 9.53 Å². The van der Waals surface area contributed by atoms with Gasteiger partial charge < -0.3 is 4.74 Å². The Morgan fingerprint density at radius 3 is 2.43 bits per heavy atom. The summed E-state index contributed by atoms with van der Waals surface area (Å²) in [5, 5.41) is 0.144. The van der Waals surface area contributed by atoms with E-state index in [4.69, 9.17) is 27.9 Å². The molecule has 0 radical (unpaired) electrons. The van der Waals surface area contributed by atoms with Gasteiger partial charge in [-0.25, -0.2) is 0 Å². The van der Waals surface area contributed by atoms with Gasteiger partial charge in [0.1, 0.15) is 5.75 Å². The molecule has 0 bridgehead atoms. The number of hydrogen-bond donors (Lipinski definition) is 0. The fourth-order valence-corrected chi connectivity index (χ4v) is 1.29. The quantitative estimate of drug-likeness (QED) is 0.746. The zero-order valence-corrected chi connectivity index (χ0v) is 9.18. The first kappa shape index (κ1) is 11.3. The van der Waals surface area contributed by atoms with Crippen molar-refractivity contribution in [3.8, 4) is 5.75 Å². The maximum absolute atomic E-state index is 10.9. The van der Waals surface area contributed by atoms with Gasteiger partial charge in [0.05, 0.1) is 0 Å². The van der Waals surface area contributed by atoms with Crippen LogP contribution in [0.4, 0.5) is 0 Å². The number of ether oxygens (including phenoxy) is 1. The van der Waals surface area contributed by atoms with Crippen molar-refractivity contribution in [2.24, 2.45) is 0 Å². The maximum Gasteiger partial charge on any atom is 0.262 e. The fourth-order valence-electron chi connectivity index (χ4n) is 0.968. The van der Waals surface area contributed by atoms with Gasteiger partial charge in [-0.15, -0.1) is 0 Å². The monoisotopic (exact) mass is 232 g/mol. The van der Waals surface area contributed by atoms with Crippen LogP contribution in [0.1, 0.15) is 13.3 Å². The third kappa shape index (κ3) is 3.20. The van der Waals surface area contributed by atoms with Gasteiger partial charge in [-0.3, -0.25) is 4.79 Å². The molecule has 0 fully saturated rings. The number of carbonyl (C=O) groups is 1. The van der Waals surface area contributed by atoms with Crippen LogP contribution in [0.3, 0.4) is 0 Å². The largest absolute Gasteiger partial charge is 0.481 e. The Morgan fingerprint density at radius 1 is 1.43 bits per heavy atom. The molecule has 1 aromatic carbocycles. The second kappa shape index (κ2) is 5.23. The zero-order chi connectivity index (χ0) is 10.6. The summed E-state index contributed by atoms with van der Waals surface area (Å²) < 4.78 is 5.34. The molecule has 0 spiro atoms. The van der Waals surface area contributed by atoms with Gasteiger partial charge in [0.15, 0.2) is 6.10 Å². The molecule has 0 heterocycles. The van der Waals surface area contributed by atoms with E-state index in [0.717, 1.165) is 0 Å². The SMILES string of the molecule is CC[C@@H](Oc1ccc(Cl)cc1)C(=O)Cl. The molecule has 0 unspecified atom stereocenters. The molecule has 76 valence electrons. The highest BCUT2D eigenvalue weighted by atomic mass is 35.5. The Bertz CT molecular complexity index is 308. The summed E-state index contributed by atoms with van der Waals surface area (Å²) in [7, 11) is 0. The first-order chi connectivity index (χ1) is 6.63. The van der Waals surface area contributed by atoms with Gasteiger partial charge in [-0.05, 0) is 42.3 Å². The van der Waals surface area contributed by atoms with E-state index in [1.165, 1.54) is 0 Å². The Labute approximate surface area is 92.8 Å². The lowest BCUT2D eigenvalue weighted by molar-refractivity contribution is -0.117. The molecule has 0 amide bonds. The van der Waals surface area contributed by atoms with Crippen molar-refractivity contribution in [3.63, 3.8) is 0 Å². The van der Waals surface area contributed by atoms with Crippen LogP contribution in [0.2, 0.25) is 5.02 Å². The topological polar surface area (TPSA) is 26.3 Å². The van der Waals surface area contributed by atoms with Gasteiger partial charge in [0.2, 0.25) is 0 Å². The van der Waals surface area contributed by atoms with E-state index in [-0.39, 0.29) is 0 Å². The molecule has 0 aliphatic heterocycles. The maximum atomic E-state index is 10.9. The van der Waals surface area contributed by atoms with Crippen LogP contribution in [-0.4, -0.2) is 11.3 Å². The molecule has 0 saturated heterocycles. The molecular formula is C10H10Cl2O2. The van der Waals surface area contributed by atoms with Crippen LogP contribution in [0.5, 0.6) is 5.75 Å². The van der Waals surface area contributed by atoms with Crippen molar-refractivity contribution in [2.45, 2.75) is 19.4 Å². The molecule has 1 rings (SSSR count). The lowest BCUT2D eigenvalue weighted by atomic mass is 10.3. The fraction of sp³-hybridized carbons (Fsp3) is 0.300. The zero-order valence-electron chi connectivity index (χ0n) is 7.67. The molecule has 1 aromatic rings. The first-order valence-electron chi connectivity index (χ1n) is 4.25. The second-order valence-corrected chi connectivity index (χ2v) is 3.58. The summed E-state index contributed by atoms with van der Waals surface area (Å²) in [6, 6.07) is 6.79. The molecule has 1 atom stereocenters. The number of carbonyl (C=O) groups excluding carboxylic acids is 1. The van der Waals surface area contributed by atoms with E-state index in [1.807, 2.05) is 6.92 Å². The van der Waals surface area contributed by atoms with Gasteiger partial charge in [0, 0.05) is 5.02 Å². The molecule has 2 nitrogen and oxygen atoms in total. The van der Waals surface area contributed by atoms with E-state index in [2.05, 4.69) is 0 Å². The average Bonchev–Trinajstić information content (AvgIpc) is 2.16. The van der Waals surface area contributed by atoms with E-state index in [9.17, 15) is 4.79 Å². The van der Waals surface area contributed by atoms with Crippen molar-refractivity contribution in [3.05, 3.63) is 29.3 Å². The number of benzene rings is 1. The van der Waals surface area contributed by atoms with E-state index in [1.54, 1.807) is 24.3 Å². The van der Waals surface area contributed by atoms with Crippen molar-refractivity contribution in [1.29, 1.82) is 0 Å². The number of hydrogen-bond acceptors (Lipinski definition) is 2. The normalized spacial score (nSPS) is 12.2. The van der Waals surface area contributed by atoms with Crippen LogP contribution in [0.15, 0.2) is 24.3 Å². The molecule has 0 aliphatic carbocycles. The van der Waals surface area contributed by atoms with Crippen LogP contribution in [-0.2, 0) is 4.79 Å². The minimum Gasteiger partial charge on any atom is -0.481 e. The van der Waals surface area contributed by atoms with Crippen LogP contribution < -0.4 is 4.74 Å². The molecule has 0 aromatic heterocycles. The lowest BCUT2D eigenvalue weighted by Gasteiger charge is -2.12. The predicted octanol–water partition coefficient (Wildman–Crippen LogP) is 3.26. The average molecular weight is 233 g/mol. The van der Waals surface area contributed by atoms with Crippen molar-refractivity contribution in [2.75, 3.05) is 0 Å². The summed E-state index contributed by atoms with van der Waals surface area (Å²) in [6.45, 7) is 1.83. The molecule has 14 heavy (non-hydrogen) atoms. The third-order valence-corrected chi connectivity index (χ3v) is 2.21. The van der Waals surface area contributed by atoms with Gasteiger partial charge in [-0.1, -0.05) is 18.5 Å². The van der Waals surface area contributed by atoms with Crippen molar-refractivity contribution >= 4 is 28.4 Å². The third-order valence-electron chi connectivity index (χ3n) is 1.72. The Balaban J connectivity index is 2.67. The van der Waals surface area contributed by atoms with E-state index < -0.39 is 11.3 Å². The minimum absolute atomic E-state index is 0.484. The molecule has 4 heteroatoms. The van der Waals surface area contributed by atoms with Gasteiger partial charge in [-0.2, -0.15) is 0 Å². The predicted molar refractivity (Wildman–Crippen MR) is 57.0 cm³/mol. The molecular weight excluding hydrogens is 223 g/mol. The van der Waals surface area contributed by atoms with Crippen LogP contribution in [0, 0.1) is 0 Å². The standard InChI is InChI=1S/C10H10Cl2O2/c1-2-9(10(12)13)14-8-5-3-7(11)4-6-8/h3-6,9H,2H2,1H3/t9-/m1/s1. The van der Waals surface area contributed by atoms with Gasteiger partial charge in [0.25, 0.3) is 5.24 Å². The highest BCUT2D eigenvalue weighted by molar-refractivity contribution is 6.64. The molecule has 0 aliphatic rings. The smallest absolute Gasteiger partial charge is 0.262 e.